The number of aromatic nitrogens is 3. The van der Waals surface area contributed by atoms with Gasteiger partial charge in [0.15, 0.2) is 17.5 Å². The van der Waals surface area contributed by atoms with Crippen LogP contribution in [0, 0.1) is 0 Å². The van der Waals surface area contributed by atoms with E-state index in [2.05, 4.69) is 138 Å². The molecule has 0 amide bonds. The van der Waals surface area contributed by atoms with Crippen LogP contribution >= 0.6 is 0 Å². The van der Waals surface area contributed by atoms with Gasteiger partial charge in [-0.25, -0.2) is 15.0 Å². The zero-order valence-electron chi connectivity index (χ0n) is 29.2. The van der Waals surface area contributed by atoms with Crippen molar-refractivity contribution in [3.63, 3.8) is 0 Å². The van der Waals surface area contributed by atoms with Crippen LogP contribution in [-0.4, -0.2) is 15.0 Å². The Morgan fingerprint density at radius 3 is 1.54 bits per heavy atom. The quantitative estimate of drug-likeness (QED) is 0.166. The van der Waals surface area contributed by atoms with Crippen molar-refractivity contribution in [3.05, 3.63) is 194 Å². The lowest BCUT2D eigenvalue weighted by Crippen LogP contribution is -2.09. The van der Waals surface area contributed by atoms with Gasteiger partial charge in [0.05, 0.1) is 0 Å². The summed E-state index contributed by atoms with van der Waals surface area (Å²) in [6.07, 6.45) is 0. The molecule has 0 bridgehead atoms. The number of anilines is 3. The first-order valence-corrected chi connectivity index (χ1v) is 18.0. The van der Waals surface area contributed by atoms with E-state index in [0.717, 1.165) is 66.5 Å². The van der Waals surface area contributed by atoms with Crippen LogP contribution in [0.5, 0.6) is 0 Å². The molecule has 2 heterocycles. The number of hydrogen-bond donors (Lipinski definition) is 0. The van der Waals surface area contributed by atoms with Crippen molar-refractivity contribution >= 4 is 49.8 Å². The molecule has 10 rings (SSSR count). The van der Waals surface area contributed by atoms with Crippen LogP contribution in [0.25, 0.3) is 78.0 Å². The maximum Gasteiger partial charge on any atom is 0.164 e. The summed E-state index contributed by atoms with van der Waals surface area (Å²) in [5, 5.41) is 4.18. The summed E-state index contributed by atoms with van der Waals surface area (Å²) < 4.78 is 6.62. The summed E-state index contributed by atoms with van der Waals surface area (Å²) >= 11 is 0. The summed E-state index contributed by atoms with van der Waals surface area (Å²) in [6, 6.07) is 66.7. The van der Waals surface area contributed by atoms with E-state index in [1.807, 2.05) is 60.7 Å². The molecule has 0 N–H and O–H groups in total. The van der Waals surface area contributed by atoms with E-state index in [-0.39, 0.29) is 0 Å². The van der Waals surface area contributed by atoms with Crippen molar-refractivity contribution < 1.29 is 4.42 Å². The molecule has 0 aliphatic rings. The summed E-state index contributed by atoms with van der Waals surface area (Å²) in [5.74, 6) is 1.81. The molecule has 0 spiro atoms. The van der Waals surface area contributed by atoms with Gasteiger partial charge in [-0.1, -0.05) is 140 Å². The van der Waals surface area contributed by atoms with Gasteiger partial charge in [0.25, 0.3) is 0 Å². The van der Waals surface area contributed by atoms with Gasteiger partial charge >= 0.3 is 0 Å². The van der Waals surface area contributed by atoms with Crippen molar-refractivity contribution in [1.29, 1.82) is 0 Å². The largest absolute Gasteiger partial charge is 0.456 e. The number of rotatable bonds is 7. The minimum atomic E-state index is 0.586. The number of nitrogens with zero attached hydrogens (tertiary/aromatic N) is 4. The van der Waals surface area contributed by atoms with Gasteiger partial charge in [0, 0.05) is 50.6 Å². The normalized spacial score (nSPS) is 11.3. The summed E-state index contributed by atoms with van der Waals surface area (Å²) in [4.78, 5) is 17.7. The monoisotopic (exact) mass is 692 g/mol. The topological polar surface area (TPSA) is 55.1 Å². The van der Waals surface area contributed by atoms with Crippen LogP contribution in [0.3, 0.4) is 0 Å². The Balaban J connectivity index is 1.16. The number of hydrogen-bond acceptors (Lipinski definition) is 5. The minimum absolute atomic E-state index is 0.586. The molecule has 254 valence electrons. The lowest BCUT2D eigenvalue weighted by atomic mass is 9.94. The predicted octanol–water partition coefficient (Wildman–Crippen LogP) is 13.1. The van der Waals surface area contributed by atoms with Gasteiger partial charge in [-0.3, -0.25) is 0 Å². The molecular weight excluding hydrogens is 661 g/mol. The standard InChI is InChI=1S/C49H32N4O/c1-5-16-33(17-6-1)38-30-31-41(40-25-14-13-24-39(38)40)48-50-47(34-18-7-2-8-19-34)51-49(52-48)43-26-15-27-44-46(43)42-29-28-37(32-45(42)54-44)53(35-20-9-3-10-21-35)36-22-11-4-12-23-36/h1-32H. The van der Waals surface area contributed by atoms with Gasteiger partial charge in [0.1, 0.15) is 11.2 Å². The summed E-state index contributed by atoms with van der Waals surface area (Å²) in [7, 11) is 0. The first kappa shape index (κ1) is 31.4. The number of furan rings is 1. The highest BCUT2D eigenvalue weighted by Crippen LogP contribution is 2.42. The highest BCUT2D eigenvalue weighted by molar-refractivity contribution is 6.13. The van der Waals surface area contributed by atoms with Crippen LogP contribution in [0.2, 0.25) is 0 Å². The van der Waals surface area contributed by atoms with Gasteiger partial charge in [-0.15, -0.1) is 0 Å². The third-order valence-corrected chi connectivity index (χ3v) is 9.93. The van der Waals surface area contributed by atoms with Gasteiger partial charge in [-0.05, 0) is 70.4 Å². The second-order valence-corrected chi connectivity index (χ2v) is 13.2. The summed E-state index contributed by atoms with van der Waals surface area (Å²) in [5.41, 5.74) is 9.76. The first-order valence-electron chi connectivity index (χ1n) is 18.0. The SMILES string of the molecule is c1ccc(-c2nc(-c3ccc(-c4ccccc4)c4ccccc34)nc(-c3cccc4oc5cc(N(c6ccccc6)c6ccccc6)ccc5c34)n2)cc1. The zero-order chi connectivity index (χ0) is 35.8. The Morgan fingerprint density at radius 1 is 0.333 bits per heavy atom. The molecule has 0 aliphatic heterocycles. The molecule has 0 fully saturated rings. The molecule has 0 radical (unpaired) electrons. The first-order chi connectivity index (χ1) is 26.8. The molecule has 2 aromatic heterocycles. The third-order valence-electron chi connectivity index (χ3n) is 9.93. The van der Waals surface area contributed by atoms with Crippen molar-refractivity contribution in [2.45, 2.75) is 0 Å². The molecule has 0 saturated carbocycles. The molecule has 0 saturated heterocycles. The Bertz CT molecular complexity index is 2890. The Labute approximate surface area is 312 Å². The highest BCUT2D eigenvalue weighted by Gasteiger charge is 2.21. The van der Waals surface area contributed by atoms with Crippen LogP contribution in [0.1, 0.15) is 0 Å². The van der Waals surface area contributed by atoms with Gasteiger partial charge in [0.2, 0.25) is 0 Å². The predicted molar refractivity (Wildman–Crippen MR) is 221 cm³/mol. The fourth-order valence-corrected chi connectivity index (χ4v) is 7.44. The molecule has 0 aliphatic carbocycles. The van der Waals surface area contributed by atoms with Crippen LogP contribution < -0.4 is 4.90 Å². The Hall–Kier alpha value is -7.37. The molecule has 54 heavy (non-hydrogen) atoms. The molecule has 10 aromatic rings. The van der Waals surface area contributed by atoms with E-state index in [1.165, 1.54) is 11.1 Å². The van der Waals surface area contributed by atoms with Crippen LogP contribution in [0.4, 0.5) is 17.1 Å². The Morgan fingerprint density at radius 2 is 0.870 bits per heavy atom. The lowest BCUT2D eigenvalue weighted by molar-refractivity contribution is 0.669. The van der Waals surface area contributed by atoms with E-state index in [1.54, 1.807) is 0 Å². The van der Waals surface area contributed by atoms with E-state index < -0.39 is 0 Å². The van der Waals surface area contributed by atoms with Crippen molar-refractivity contribution in [2.24, 2.45) is 0 Å². The number of benzene rings is 8. The van der Waals surface area contributed by atoms with E-state index in [0.29, 0.717) is 17.5 Å². The van der Waals surface area contributed by atoms with E-state index in [4.69, 9.17) is 19.4 Å². The molecule has 0 atom stereocenters. The fraction of sp³-hybridized carbons (Fsp3) is 0. The zero-order valence-corrected chi connectivity index (χ0v) is 29.2. The minimum Gasteiger partial charge on any atom is -0.456 e. The maximum atomic E-state index is 6.62. The van der Waals surface area contributed by atoms with Gasteiger partial charge < -0.3 is 9.32 Å². The van der Waals surface area contributed by atoms with E-state index in [9.17, 15) is 0 Å². The van der Waals surface area contributed by atoms with Crippen molar-refractivity contribution in [1.82, 2.24) is 15.0 Å². The van der Waals surface area contributed by atoms with Crippen LogP contribution in [-0.2, 0) is 0 Å². The average Bonchev–Trinajstić information content (AvgIpc) is 3.63. The Kier molecular flexibility index (Phi) is 7.73. The van der Waals surface area contributed by atoms with Gasteiger partial charge in [-0.2, -0.15) is 0 Å². The molecule has 8 aromatic carbocycles. The smallest absolute Gasteiger partial charge is 0.164 e. The second-order valence-electron chi connectivity index (χ2n) is 13.2. The lowest BCUT2D eigenvalue weighted by Gasteiger charge is -2.25. The van der Waals surface area contributed by atoms with Crippen molar-refractivity contribution in [2.75, 3.05) is 4.90 Å². The highest BCUT2D eigenvalue weighted by atomic mass is 16.3. The second kappa shape index (κ2) is 13.3. The van der Waals surface area contributed by atoms with Crippen LogP contribution in [0.15, 0.2) is 199 Å². The summed E-state index contributed by atoms with van der Waals surface area (Å²) in [6.45, 7) is 0. The molecule has 0 unspecified atom stereocenters. The van der Waals surface area contributed by atoms with E-state index >= 15 is 0 Å². The molecule has 5 heteroatoms. The van der Waals surface area contributed by atoms with Crippen molar-refractivity contribution in [3.8, 4) is 45.3 Å². The molecule has 5 nitrogen and oxygen atoms in total. The molecular formula is C49H32N4O. The fourth-order valence-electron chi connectivity index (χ4n) is 7.44. The third kappa shape index (κ3) is 5.56. The number of fused-ring (bicyclic) bond motifs is 4. The average molecular weight is 693 g/mol. The maximum absolute atomic E-state index is 6.62. The number of para-hydroxylation sites is 2.